The zero-order chi connectivity index (χ0) is 16.6. The van der Waals surface area contributed by atoms with Crippen LogP contribution in [-0.2, 0) is 4.79 Å². The summed E-state index contributed by atoms with van der Waals surface area (Å²) in [5, 5.41) is 9.22. The van der Waals surface area contributed by atoms with Crippen LogP contribution in [0.15, 0.2) is 60.7 Å². The predicted octanol–water partition coefficient (Wildman–Crippen LogP) is 4.06. The van der Waals surface area contributed by atoms with Gasteiger partial charge in [-0.15, -0.1) is 0 Å². The fraction of sp³-hybridized carbons (Fsp3) is 0.211. The smallest absolute Gasteiger partial charge is 0.336 e. The van der Waals surface area contributed by atoms with Crippen molar-refractivity contribution >= 4 is 17.6 Å². The highest BCUT2D eigenvalue weighted by Crippen LogP contribution is 2.18. The molecule has 2 aromatic carbocycles. The summed E-state index contributed by atoms with van der Waals surface area (Å²) >= 11 is 0. The molecule has 0 radical (unpaired) electrons. The van der Waals surface area contributed by atoms with Gasteiger partial charge in [0.1, 0.15) is 0 Å². The minimum Gasteiger partial charge on any atom is -0.478 e. The number of hydrogen-bond acceptors (Lipinski definition) is 2. The maximum Gasteiger partial charge on any atom is 0.336 e. The standard InChI is InChI=1S/C15H12O2.C4H11N/c16-15(17)14(13-9-5-2-6-10-13)11-12-7-3-1-4-8-12;1-4(2,3)5/h1-11H,(H,16,17);5H2,1-3H3/b14-11+;. The van der Waals surface area contributed by atoms with Crippen molar-refractivity contribution in [3.63, 3.8) is 0 Å². The molecule has 0 amide bonds. The third-order valence-electron chi connectivity index (χ3n) is 2.43. The van der Waals surface area contributed by atoms with Crippen LogP contribution in [0.25, 0.3) is 11.6 Å². The van der Waals surface area contributed by atoms with E-state index in [9.17, 15) is 9.90 Å². The molecule has 0 bridgehead atoms. The molecule has 0 aliphatic carbocycles. The second-order valence-electron chi connectivity index (χ2n) is 6.01. The van der Waals surface area contributed by atoms with E-state index in [1.165, 1.54) is 0 Å². The lowest BCUT2D eigenvalue weighted by Crippen LogP contribution is -2.26. The van der Waals surface area contributed by atoms with Crippen LogP contribution in [0.3, 0.4) is 0 Å². The van der Waals surface area contributed by atoms with E-state index in [1.807, 2.05) is 69.3 Å². The van der Waals surface area contributed by atoms with Crippen LogP contribution in [0, 0.1) is 0 Å². The Kier molecular flexibility index (Phi) is 6.54. The van der Waals surface area contributed by atoms with E-state index in [0.717, 1.165) is 5.56 Å². The van der Waals surface area contributed by atoms with Crippen molar-refractivity contribution in [1.82, 2.24) is 0 Å². The SMILES string of the molecule is CC(C)(C)N.O=C(O)/C(=C/c1ccccc1)c1ccccc1. The Morgan fingerprint density at radius 3 is 1.77 bits per heavy atom. The maximum absolute atomic E-state index is 11.2. The number of nitrogens with two attached hydrogens (primary N) is 1. The second-order valence-corrected chi connectivity index (χ2v) is 6.01. The topological polar surface area (TPSA) is 63.3 Å². The van der Waals surface area contributed by atoms with E-state index in [4.69, 9.17) is 5.73 Å². The average Bonchev–Trinajstić information content (AvgIpc) is 2.45. The molecule has 2 rings (SSSR count). The molecule has 2 aromatic rings. The zero-order valence-electron chi connectivity index (χ0n) is 13.3. The molecule has 3 nitrogen and oxygen atoms in total. The van der Waals surface area contributed by atoms with E-state index in [0.29, 0.717) is 11.1 Å². The Morgan fingerprint density at radius 1 is 0.955 bits per heavy atom. The number of hydrogen-bond donors (Lipinski definition) is 2. The van der Waals surface area contributed by atoms with E-state index in [2.05, 4.69) is 0 Å². The Hall–Kier alpha value is -2.39. The van der Waals surface area contributed by atoms with Crippen LogP contribution in [-0.4, -0.2) is 16.6 Å². The van der Waals surface area contributed by atoms with Crippen molar-refractivity contribution < 1.29 is 9.90 Å². The van der Waals surface area contributed by atoms with Crippen molar-refractivity contribution in [1.29, 1.82) is 0 Å². The van der Waals surface area contributed by atoms with Crippen molar-refractivity contribution in [2.75, 3.05) is 0 Å². The molecule has 0 heterocycles. The van der Waals surface area contributed by atoms with Gasteiger partial charge in [0.2, 0.25) is 0 Å². The van der Waals surface area contributed by atoms with E-state index < -0.39 is 5.97 Å². The Balaban J connectivity index is 0.000000422. The monoisotopic (exact) mass is 297 g/mol. The normalized spacial score (nSPS) is 11.4. The molecular weight excluding hydrogens is 274 g/mol. The molecule has 0 unspecified atom stereocenters. The van der Waals surface area contributed by atoms with E-state index in [1.54, 1.807) is 18.2 Å². The van der Waals surface area contributed by atoms with Gasteiger partial charge in [-0.05, 0) is 38.0 Å². The molecule has 0 saturated carbocycles. The summed E-state index contributed by atoms with van der Waals surface area (Å²) in [6, 6.07) is 18.6. The molecule has 0 atom stereocenters. The van der Waals surface area contributed by atoms with Gasteiger partial charge in [-0.3, -0.25) is 0 Å². The van der Waals surface area contributed by atoms with Crippen LogP contribution in [0.4, 0.5) is 0 Å². The Morgan fingerprint density at radius 2 is 1.36 bits per heavy atom. The highest BCUT2D eigenvalue weighted by Gasteiger charge is 2.09. The van der Waals surface area contributed by atoms with Crippen molar-refractivity contribution in [2.24, 2.45) is 5.73 Å². The summed E-state index contributed by atoms with van der Waals surface area (Å²) in [7, 11) is 0. The Labute approximate surface area is 132 Å². The van der Waals surface area contributed by atoms with Crippen LogP contribution >= 0.6 is 0 Å². The number of rotatable bonds is 3. The van der Waals surface area contributed by atoms with Gasteiger partial charge in [-0.25, -0.2) is 4.79 Å². The maximum atomic E-state index is 11.2. The summed E-state index contributed by atoms with van der Waals surface area (Å²) in [6.45, 7) is 5.90. The van der Waals surface area contributed by atoms with Crippen LogP contribution in [0.1, 0.15) is 31.9 Å². The van der Waals surface area contributed by atoms with Gasteiger partial charge >= 0.3 is 5.97 Å². The molecular formula is C19H23NO2. The van der Waals surface area contributed by atoms with E-state index in [-0.39, 0.29) is 5.54 Å². The molecule has 22 heavy (non-hydrogen) atoms. The fourth-order valence-corrected chi connectivity index (χ4v) is 1.60. The van der Waals surface area contributed by atoms with Crippen LogP contribution in [0.5, 0.6) is 0 Å². The number of benzene rings is 2. The molecule has 0 saturated heterocycles. The zero-order valence-corrected chi connectivity index (χ0v) is 13.3. The van der Waals surface area contributed by atoms with Gasteiger partial charge in [-0.2, -0.15) is 0 Å². The van der Waals surface area contributed by atoms with Gasteiger partial charge in [0.25, 0.3) is 0 Å². The quantitative estimate of drug-likeness (QED) is 0.663. The first kappa shape index (κ1) is 17.7. The molecule has 3 heteroatoms. The lowest BCUT2D eigenvalue weighted by atomic mass is 10.0. The number of carboxylic acid groups (broad SMARTS) is 1. The molecule has 3 N–H and O–H groups in total. The summed E-state index contributed by atoms with van der Waals surface area (Å²) in [6.07, 6.45) is 1.68. The number of carboxylic acids is 1. The van der Waals surface area contributed by atoms with Crippen LogP contribution < -0.4 is 5.73 Å². The van der Waals surface area contributed by atoms with Gasteiger partial charge in [0.05, 0.1) is 5.57 Å². The minimum atomic E-state index is -0.917. The minimum absolute atomic E-state index is 0. The van der Waals surface area contributed by atoms with Crippen LogP contribution in [0.2, 0.25) is 0 Å². The third kappa shape index (κ3) is 7.41. The van der Waals surface area contributed by atoms with Crippen molar-refractivity contribution in [3.8, 4) is 0 Å². The molecule has 0 fully saturated rings. The largest absolute Gasteiger partial charge is 0.478 e. The fourth-order valence-electron chi connectivity index (χ4n) is 1.60. The molecule has 116 valence electrons. The second kappa shape index (κ2) is 8.15. The first-order chi connectivity index (χ1) is 10.3. The predicted molar refractivity (Wildman–Crippen MR) is 92.3 cm³/mol. The molecule has 0 aromatic heterocycles. The molecule has 0 spiro atoms. The Bertz CT molecular complexity index is 605. The van der Waals surface area contributed by atoms with E-state index >= 15 is 0 Å². The lowest BCUT2D eigenvalue weighted by molar-refractivity contribution is -0.130. The lowest BCUT2D eigenvalue weighted by Gasteiger charge is -2.06. The van der Waals surface area contributed by atoms with Crippen molar-refractivity contribution in [2.45, 2.75) is 26.3 Å². The summed E-state index contributed by atoms with van der Waals surface area (Å²) in [5.41, 5.74) is 7.25. The number of aliphatic carboxylic acids is 1. The first-order valence-electron chi connectivity index (χ1n) is 7.12. The average molecular weight is 297 g/mol. The van der Waals surface area contributed by atoms with Gasteiger partial charge in [0.15, 0.2) is 0 Å². The van der Waals surface area contributed by atoms with Gasteiger partial charge in [0, 0.05) is 5.54 Å². The highest BCUT2D eigenvalue weighted by molar-refractivity contribution is 6.20. The van der Waals surface area contributed by atoms with Crippen molar-refractivity contribution in [3.05, 3.63) is 71.8 Å². The van der Waals surface area contributed by atoms with Gasteiger partial charge < -0.3 is 10.8 Å². The van der Waals surface area contributed by atoms with Gasteiger partial charge in [-0.1, -0.05) is 60.7 Å². The molecule has 0 aliphatic heterocycles. The highest BCUT2D eigenvalue weighted by atomic mass is 16.4. The summed E-state index contributed by atoms with van der Waals surface area (Å²) < 4.78 is 0. The summed E-state index contributed by atoms with van der Waals surface area (Å²) in [5.74, 6) is -0.917. The third-order valence-corrected chi connectivity index (χ3v) is 2.43. The number of carbonyl (C=O) groups is 1. The summed E-state index contributed by atoms with van der Waals surface area (Å²) in [4.78, 5) is 11.2. The first-order valence-corrected chi connectivity index (χ1v) is 7.12. The molecule has 0 aliphatic rings.